The number of benzene rings is 1. The summed E-state index contributed by atoms with van der Waals surface area (Å²) in [5.74, 6) is -1.22. The summed E-state index contributed by atoms with van der Waals surface area (Å²) in [5.41, 5.74) is 1.60. The molecule has 0 saturated carbocycles. The number of amides is 2. The first-order valence-corrected chi connectivity index (χ1v) is 7.07. The van der Waals surface area contributed by atoms with Crippen molar-refractivity contribution >= 4 is 23.5 Å². The van der Waals surface area contributed by atoms with Crippen LogP contribution in [-0.4, -0.2) is 30.1 Å². The highest BCUT2D eigenvalue weighted by atomic mass is 16.5. The first kappa shape index (κ1) is 15.9. The highest BCUT2D eigenvalue weighted by Crippen LogP contribution is 2.28. The fraction of sp³-hybridized carbons (Fsp3) is 0.375. The Balaban J connectivity index is 2.43. The van der Waals surface area contributed by atoms with Crippen molar-refractivity contribution in [2.45, 2.75) is 26.8 Å². The lowest BCUT2D eigenvalue weighted by atomic mass is 9.87. The van der Waals surface area contributed by atoms with Gasteiger partial charge in [0.15, 0.2) is 5.78 Å². The van der Waals surface area contributed by atoms with Crippen LogP contribution in [-0.2, 0) is 9.53 Å². The van der Waals surface area contributed by atoms with Gasteiger partial charge in [0.05, 0.1) is 12.6 Å². The van der Waals surface area contributed by atoms with Crippen molar-refractivity contribution in [2.24, 2.45) is 10.9 Å². The van der Waals surface area contributed by atoms with E-state index in [9.17, 15) is 14.4 Å². The summed E-state index contributed by atoms with van der Waals surface area (Å²) in [4.78, 5) is 39.2. The smallest absolute Gasteiger partial charge is 0.341 e. The second-order valence-electron chi connectivity index (χ2n) is 5.09. The van der Waals surface area contributed by atoms with Gasteiger partial charge in [-0.25, -0.2) is 9.79 Å². The average molecular weight is 302 g/mol. The number of hydrogen-bond donors (Lipinski definition) is 1. The average Bonchev–Trinajstić information content (AvgIpc) is 2.46. The third kappa shape index (κ3) is 3.21. The van der Waals surface area contributed by atoms with Gasteiger partial charge in [0, 0.05) is 11.3 Å². The molecule has 1 N–H and O–H groups in total. The van der Waals surface area contributed by atoms with Gasteiger partial charge in [-0.05, 0) is 32.4 Å². The molecule has 2 atom stereocenters. The molecule has 0 radical (unpaired) electrons. The van der Waals surface area contributed by atoms with E-state index in [0.717, 1.165) is 0 Å². The molecule has 6 nitrogen and oxygen atoms in total. The zero-order valence-corrected chi connectivity index (χ0v) is 12.8. The number of rotatable bonds is 4. The number of esters is 1. The summed E-state index contributed by atoms with van der Waals surface area (Å²) in [7, 11) is 0. The standard InChI is InChI=1S/C16H18N2O4/c1-4-22-15(20)13-9(2)17-16(21)18-14(13)12-7-5-6-11(8-12)10(3)19/h5-8,13-14H,4H2,1-3H3,(H,18,21). The molecule has 1 aliphatic rings. The minimum atomic E-state index is -0.695. The van der Waals surface area contributed by atoms with Gasteiger partial charge in [-0.3, -0.25) is 9.59 Å². The molecule has 0 aromatic heterocycles. The molecule has 22 heavy (non-hydrogen) atoms. The van der Waals surface area contributed by atoms with E-state index in [1.807, 2.05) is 0 Å². The zero-order valence-electron chi connectivity index (χ0n) is 12.8. The lowest BCUT2D eigenvalue weighted by molar-refractivity contribution is -0.146. The molecule has 1 aliphatic heterocycles. The molecule has 1 aromatic rings. The maximum Gasteiger partial charge on any atom is 0.341 e. The minimum Gasteiger partial charge on any atom is -0.465 e. The molecular weight excluding hydrogens is 284 g/mol. The summed E-state index contributed by atoms with van der Waals surface area (Å²) in [6.45, 7) is 5.06. The second kappa shape index (κ2) is 6.51. The van der Waals surface area contributed by atoms with Gasteiger partial charge >= 0.3 is 12.0 Å². The summed E-state index contributed by atoms with van der Waals surface area (Å²) < 4.78 is 5.08. The molecule has 0 spiro atoms. The van der Waals surface area contributed by atoms with Crippen molar-refractivity contribution in [1.29, 1.82) is 0 Å². The lowest BCUT2D eigenvalue weighted by Crippen LogP contribution is -2.44. The van der Waals surface area contributed by atoms with E-state index in [1.54, 1.807) is 38.1 Å². The summed E-state index contributed by atoms with van der Waals surface area (Å²) >= 11 is 0. The van der Waals surface area contributed by atoms with E-state index in [0.29, 0.717) is 16.8 Å². The SMILES string of the molecule is CCOC(=O)C1C(C)=NC(=O)NC1c1cccc(C(C)=O)c1. The van der Waals surface area contributed by atoms with Crippen molar-refractivity contribution in [2.75, 3.05) is 6.61 Å². The Labute approximate surface area is 128 Å². The Hall–Kier alpha value is -2.50. The van der Waals surface area contributed by atoms with Crippen LogP contribution in [0, 0.1) is 5.92 Å². The van der Waals surface area contributed by atoms with Gasteiger partial charge in [0.25, 0.3) is 0 Å². The maximum absolute atomic E-state index is 12.2. The van der Waals surface area contributed by atoms with Crippen molar-refractivity contribution < 1.29 is 19.1 Å². The summed E-state index contributed by atoms with van der Waals surface area (Å²) in [6.07, 6.45) is 0. The van der Waals surface area contributed by atoms with E-state index in [4.69, 9.17) is 4.74 Å². The zero-order chi connectivity index (χ0) is 16.3. The van der Waals surface area contributed by atoms with Crippen LogP contribution in [0.4, 0.5) is 4.79 Å². The van der Waals surface area contributed by atoms with Crippen LogP contribution in [0.25, 0.3) is 0 Å². The Kier molecular flexibility index (Phi) is 4.70. The number of ether oxygens (including phenoxy) is 1. The van der Waals surface area contributed by atoms with E-state index in [1.165, 1.54) is 6.92 Å². The van der Waals surface area contributed by atoms with E-state index >= 15 is 0 Å². The van der Waals surface area contributed by atoms with Crippen LogP contribution >= 0.6 is 0 Å². The fourth-order valence-electron chi connectivity index (χ4n) is 2.49. The molecule has 116 valence electrons. The number of aliphatic imine (C=N–C) groups is 1. The molecule has 2 rings (SSSR count). The Morgan fingerprint density at radius 2 is 2.09 bits per heavy atom. The predicted octanol–water partition coefficient (Wildman–Crippen LogP) is 2.29. The number of urea groups is 1. The second-order valence-corrected chi connectivity index (χ2v) is 5.09. The molecule has 1 aromatic carbocycles. The third-order valence-electron chi connectivity index (χ3n) is 3.53. The van der Waals surface area contributed by atoms with Gasteiger partial charge < -0.3 is 10.1 Å². The van der Waals surface area contributed by atoms with Crippen molar-refractivity contribution in [1.82, 2.24) is 5.32 Å². The van der Waals surface area contributed by atoms with Crippen LogP contribution in [0.5, 0.6) is 0 Å². The minimum absolute atomic E-state index is 0.0814. The fourth-order valence-corrected chi connectivity index (χ4v) is 2.49. The lowest BCUT2D eigenvalue weighted by Gasteiger charge is -2.29. The Morgan fingerprint density at radius 1 is 1.36 bits per heavy atom. The molecular formula is C16H18N2O4. The molecule has 0 bridgehead atoms. The molecule has 2 amide bonds. The number of nitrogens with one attached hydrogen (secondary N) is 1. The summed E-state index contributed by atoms with van der Waals surface area (Å²) in [6, 6.07) is 5.76. The van der Waals surface area contributed by atoms with Gasteiger partial charge in [0.1, 0.15) is 5.92 Å². The van der Waals surface area contributed by atoms with Gasteiger partial charge in [-0.2, -0.15) is 0 Å². The van der Waals surface area contributed by atoms with Crippen molar-refractivity contribution in [3.8, 4) is 0 Å². The number of nitrogens with zero attached hydrogens (tertiary/aromatic N) is 1. The molecule has 2 unspecified atom stereocenters. The third-order valence-corrected chi connectivity index (χ3v) is 3.53. The molecule has 0 saturated heterocycles. The number of carbonyl (C=O) groups is 3. The van der Waals surface area contributed by atoms with Crippen molar-refractivity contribution in [3.05, 3.63) is 35.4 Å². The van der Waals surface area contributed by atoms with Crippen LogP contribution < -0.4 is 5.32 Å². The Bertz CT molecular complexity index is 651. The topological polar surface area (TPSA) is 84.8 Å². The van der Waals surface area contributed by atoms with E-state index in [-0.39, 0.29) is 12.4 Å². The number of ketones is 1. The first-order valence-electron chi connectivity index (χ1n) is 7.07. The predicted molar refractivity (Wildman–Crippen MR) is 81.0 cm³/mol. The first-order chi connectivity index (χ1) is 10.4. The monoisotopic (exact) mass is 302 g/mol. The normalized spacial score (nSPS) is 20.9. The van der Waals surface area contributed by atoms with Crippen molar-refractivity contribution in [3.63, 3.8) is 0 Å². The number of Topliss-reactive ketones (excluding diaryl/α,β-unsaturated/α-hetero) is 1. The summed E-state index contributed by atoms with van der Waals surface area (Å²) in [5, 5.41) is 2.68. The van der Waals surface area contributed by atoms with Gasteiger partial charge in [-0.1, -0.05) is 18.2 Å². The van der Waals surface area contributed by atoms with Crippen LogP contribution in [0.15, 0.2) is 29.3 Å². The Morgan fingerprint density at radius 3 is 2.73 bits per heavy atom. The highest BCUT2D eigenvalue weighted by molar-refractivity contribution is 6.08. The van der Waals surface area contributed by atoms with Crippen LogP contribution in [0.3, 0.4) is 0 Å². The van der Waals surface area contributed by atoms with E-state index < -0.39 is 24.0 Å². The highest BCUT2D eigenvalue weighted by Gasteiger charge is 2.37. The van der Waals surface area contributed by atoms with Crippen LogP contribution in [0.2, 0.25) is 0 Å². The number of hydrogen-bond acceptors (Lipinski definition) is 4. The van der Waals surface area contributed by atoms with Gasteiger partial charge in [0.2, 0.25) is 0 Å². The molecule has 6 heteroatoms. The van der Waals surface area contributed by atoms with Gasteiger partial charge in [-0.15, -0.1) is 0 Å². The van der Waals surface area contributed by atoms with E-state index in [2.05, 4.69) is 10.3 Å². The van der Waals surface area contributed by atoms with Crippen LogP contribution in [0.1, 0.15) is 42.7 Å². The largest absolute Gasteiger partial charge is 0.465 e. The molecule has 1 heterocycles. The molecule has 0 fully saturated rings. The number of carbonyl (C=O) groups excluding carboxylic acids is 3. The quantitative estimate of drug-likeness (QED) is 0.683. The maximum atomic E-state index is 12.2. The molecule has 0 aliphatic carbocycles.